The third kappa shape index (κ3) is 5.33. The number of rotatable bonds is 6. The molecule has 1 aromatic rings. The molecule has 0 fully saturated rings. The summed E-state index contributed by atoms with van der Waals surface area (Å²) in [7, 11) is 0. The van der Waals surface area contributed by atoms with Crippen molar-refractivity contribution in [3.8, 4) is 0 Å². The van der Waals surface area contributed by atoms with Crippen molar-refractivity contribution in [1.29, 1.82) is 0 Å². The van der Waals surface area contributed by atoms with E-state index in [9.17, 15) is 4.79 Å². The molecule has 0 saturated carbocycles. The van der Waals surface area contributed by atoms with Gasteiger partial charge in [0.05, 0.1) is 4.83 Å². The summed E-state index contributed by atoms with van der Waals surface area (Å²) in [6.07, 6.45) is 0. The highest BCUT2D eigenvalue weighted by Crippen LogP contribution is 2.17. The van der Waals surface area contributed by atoms with E-state index in [0.29, 0.717) is 13.1 Å². The van der Waals surface area contributed by atoms with Crippen LogP contribution in [0.3, 0.4) is 0 Å². The van der Waals surface area contributed by atoms with E-state index in [1.165, 1.54) is 0 Å². The lowest BCUT2D eigenvalue weighted by atomic mass is 10.1. The van der Waals surface area contributed by atoms with Crippen molar-refractivity contribution in [2.24, 2.45) is 11.7 Å². The highest BCUT2D eigenvalue weighted by atomic mass is 79.9. The van der Waals surface area contributed by atoms with Gasteiger partial charge in [0, 0.05) is 19.1 Å². The minimum atomic E-state index is -0.157. The van der Waals surface area contributed by atoms with E-state index in [2.05, 4.69) is 15.9 Å². The Morgan fingerprint density at radius 2 is 1.84 bits per heavy atom. The van der Waals surface area contributed by atoms with E-state index in [1.807, 2.05) is 56.0 Å². The largest absolute Gasteiger partial charge is 0.336 e. The number of nitrogens with zero attached hydrogens (tertiary/aromatic N) is 1. The van der Waals surface area contributed by atoms with Crippen molar-refractivity contribution in [2.45, 2.75) is 38.2 Å². The van der Waals surface area contributed by atoms with Gasteiger partial charge in [-0.25, -0.2) is 0 Å². The zero-order chi connectivity index (χ0) is 14.4. The molecule has 0 saturated heterocycles. The fourth-order valence-corrected chi connectivity index (χ4v) is 2.13. The van der Waals surface area contributed by atoms with Gasteiger partial charge in [0.2, 0.25) is 5.91 Å². The van der Waals surface area contributed by atoms with Crippen LogP contribution in [0.5, 0.6) is 0 Å². The third-order valence-electron chi connectivity index (χ3n) is 2.86. The van der Waals surface area contributed by atoms with Gasteiger partial charge in [0.25, 0.3) is 0 Å². The first-order chi connectivity index (χ1) is 8.91. The van der Waals surface area contributed by atoms with Gasteiger partial charge in [-0.2, -0.15) is 0 Å². The molecule has 106 valence electrons. The Bertz CT molecular complexity index is 392. The lowest BCUT2D eigenvalue weighted by molar-refractivity contribution is -0.132. The number of hydrogen-bond donors (Lipinski definition) is 1. The standard InChI is InChI=1S/C15H23BrN2O/c1-11(2)14(16)15(19)18(9-12(3)17)10-13-7-5-4-6-8-13/h4-8,11-12,14H,9-10,17H2,1-3H3/t12-,14-/m1/s1. The van der Waals surface area contributed by atoms with Crippen LogP contribution in [0.1, 0.15) is 26.3 Å². The Balaban J connectivity index is 2.80. The van der Waals surface area contributed by atoms with Crippen LogP contribution in [0.4, 0.5) is 0 Å². The molecule has 2 N–H and O–H groups in total. The van der Waals surface area contributed by atoms with Gasteiger partial charge >= 0.3 is 0 Å². The predicted octanol–water partition coefficient (Wildman–Crippen LogP) is 2.78. The van der Waals surface area contributed by atoms with Gasteiger partial charge in [0.1, 0.15) is 0 Å². The third-order valence-corrected chi connectivity index (χ3v) is 4.31. The van der Waals surface area contributed by atoms with Crippen LogP contribution in [0, 0.1) is 5.92 Å². The summed E-state index contributed by atoms with van der Waals surface area (Å²) in [6, 6.07) is 9.97. The quantitative estimate of drug-likeness (QED) is 0.817. The fraction of sp³-hybridized carbons (Fsp3) is 0.533. The van der Waals surface area contributed by atoms with Crippen LogP contribution in [-0.4, -0.2) is 28.2 Å². The molecule has 0 aliphatic rings. The molecule has 0 unspecified atom stereocenters. The average molecular weight is 327 g/mol. The van der Waals surface area contributed by atoms with E-state index in [4.69, 9.17) is 5.73 Å². The molecular weight excluding hydrogens is 304 g/mol. The van der Waals surface area contributed by atoms with Crippen molar-refractivity contribution in [2.75, 3.05) is 6.54 Å². The van der Waals surface area contributed by atoms with Gasteiger partial charge in [-0.1, -0.05) is 60.1 Å². The topological polar surface area (TPSA) is 46.3 Å². The molecule has 1 rings (SSSR count). The van der Waals surface area contributed by atoms with E-state index >= 15 is 0 Å². The van der Waals surface area contributed by atoms with Gasteiger partial charge in [0.15, 0.2) is 0 Å². The molecule has 0 heterocycles. The first-order valence-corrected chi connectivity index (χ1v) is 7.55. The minimum absolute atomic E-state index is 0.0282. The molecule has 0 aromatic heterocycles. The summed E-state index contributed by atoms with van der Waals surface area (Å²) in [5.74, 6) is 0.370. The van der Waals surface area contributed by atoms with Gasteiger partial charge < -0.3 is 10.6 Å². The number of alkyl halides is 1. The number of carbonyl (C=O) groups is 1. The van der Waals surface area contributed by atoms with Crippen molar-refractivity contribution in [1.82, 2.24) is 4.90 Å². The fourth-order valence-electron chi connectivity index (χ4n) is 1.84. The maximum atomic E-state index is 12.4. The van der Waals surface area contributed by atoms with Crippen LogP contribution in [0.25, 0.3) is 0 Å². The van der Waals surface area contributed by atoms with E-state index in [1.54, 1.807) is 0 Å². The Kier molecular flexibility index (Phi) is 6.52. The molecule has 3 nitrogen and oxygen atoms in total. The smallest absolute Gasteiger partial charge is 0.236 e. The SMILES string of the molecule is CC(C)[C@@H](Br)C(=O)N(Cc1ccccc1)C[C@@H](C)N. The summed E-state index contributed by atoms with van der Waals surface area (Å²) >= 11 is 3.48. The molecule has 0 spiro atoms. The second kappa shape index (κ2) is 7.65. The summed E-state index contributed by atoms with van der Waals surface area (Å²) in [5, 5.41) is 0. The first-order valence-electron chi connectivity index (χ1n) is 6.64. The zero-order valence-corrected chi connectivity index (χ0v) is 13.4. The summed E-state index contributed by atoms with van der Waals surface area (Å²) < 4.78 is 0. The number of halogens is 1. The lowest BCUT2D eigenvalue weighted by Crippen LogP contribution is -2.43. The molecular formula is C15H23BrN2O. The number of nitrogens with two attached hydrogens (primary N) is 1. The van der Waals surface area contributed by atoms with E-state index < -0.39 is 0 Å². The average Bonchev–Trinajstić information content (AvgIpc) is 2.36. The van der Waals surface area contributed by atoms with Gasteiger partial charge in [-0.15, -0.1) is 0 Å². The van der Waals surface area contributed by atoms with E-state index in [0.717, 1.165) is 5.56 Å². The van der Waals surface area contributed by atoms with Crippen LogP contribution in [0.15, 0.2) is 30.3 Å². The van der Waals surface area contributed by atoms with Gasteiger partial charge in [-0.3, -0.25) is 4.79 Å². The molecule has 0 bridgehead atoms. The molecule has 0 aliphatic heterocycles. The highest BCUT2D eigenvalue weighted by molar-refractivity contribution is 9.10. The predicted molar refractivity (Wildman–Crippen MR) is 83.1 cm³/mol. The van der Waals surface area contributed by atoms with Crippen molar-refractivity contribution in [3.63, 3.8) is 0 Å². The van der Waals surface area contributed by atoms with Crippen LogP contribution < -0.4 is 5.73 Å². The summed E-state index contributed by atoms with van der Waals surface area (Å²) in [5.41, 5.74) is 6.98. The Morgan fingerprint density at radius 1 is 1.26 bits per heavy atom. The summed E-state index contributed by atoms with van der Waals surface area (Å²) in [6.45, 7) is 7.16. The molecule has 19 heavy (non-hydrogen) atoms. The monoisotopic (exact) mass is 326 g/mol. The number of carbonyl (C=O) groups excluding carboxylic acids is 1. The first kappa shape index (κ1) is 16.2. The van der Waals surface area contributed by atoms with Crippen LogP contribution in [-0.2, 0) is 11.3 Å². The normalized spacial score (nSPS) is 14.2. The Labute approximate surface area is 124 Å². The maximum absolute atomic E-state index is 12.4. The van der Waals surface area contributed by atoms with Gasteiger partial charge in [-0.05, 0) is 18.4 Å². The second-order valence-corrected chi connectivity index (χ2v) is 6.31. The molecule has 0 radical (unpaired) electrons. The van der Waals surface area contributed by atoms with E-state index in [-0.39, 0.29) is 22.7 Å². The molecule has 0 aliphatic carbocycles. The van der Waals surface area contributed by atoms with Crippen molar-refractivity contribution >= 4 is 21.8 Å². The van der Waals surface area contributed by atoms with Crippen molar-refractivity contribution in [3.05, 3.63) is 35.9 Å². The highest BCUT2D eigenvalue weighted by Gasteiger charge is 2.25. The number of amides is 1. The molecule has 1 amide bonds. The number of hydrogen-bond acceptors (Lipinski definition) is 2. The summed E-state index contributed by atoms with van der Waals surface area (Å²) in [4.78, 5) is 14.1. The van der Waals surface area contributed by atoms with Crippen LogP contribution >= 0.6 is 15.9 Å². The minimum Gasteiger partial charge on any atom is -0.336 e. The lowest BCUT2D eigenvalue weighted by Gasteiger charge is -2.28. The Hall–Kier alpha value is -0.870. The molecule has 4 heteroatoms. The molecule has 2 atom stereocenters. The van der Waals surface area contributed by atoms with Crippen LogP contribution in [0.2, 0.25) is 0 Å². The maximum Gasteiger partial charge on any atom is 0.236 e. The molecule has 1 aromatic carbocycles. The number of benzene rings is 1. The Morgan fingerprint density at radius 3 is 2.32 bits per heavy atom. The van der Waals surface area contributed by atoms with Crippen molar-refractivity contribution < 1.29 is 4.79 Å². The second-order valence-electron chi connectivity index (χ2n) is 5.33. The zero-order valence-electron chi connectivity index (χ0n) is 11.8.